The van der Waals surface area contributed by atoms with Gasteiger partial charge in [-0.1, -0.05) is 58.3 Å². The van der Waals surface area contributed by atoms with Gasteiger partial charge in [-0.25, -0.2) is 0 Å². The molecule has 0 aromatic carbocycles. The zero-order chi connectivity index (χ0) is 17.6. The molecule has 0 saturated carbocycles. The lowest BCUT2D eigenvalue weighted by molar-refractivity contribution is -0.147. The van der Waals surface area contributed by atoms with Gasteiger partial charge in [-0.2, -0.15) is 0 Å². The number of hydrogen-bond donors (Lipinski definition) is 2. The Morgan fingerprint density at radius 3 is 2.21 bits per heavy atom. The molecule has 1 saturated heterocycles. The summed E-state index contributed by atoms with van der Waals surface area (Å²) < 4.78 is 10.6. The van der Waals surface area contributed by atoms with Gasteiger partial charge >= 0.3 is 5.97 Å². The standard InChI is InChI=1S/C19H36O5/c1-2-3-4-8-11-17-18(24-17)12-9-6-5-7-10-13-19(22)23-15-16(21)14-20/h16-18,20-21H,2-15H2,1H3/t16-,17?,18?/m1/s1. The number of rotatable bonds is 16. The molecule has 0 spiro atoms. The Labute approximate surface area is 146 Å². The fourth-order valence-electron chi connectivity index (χ4n) is 2.92. The average Bonchev–Trinajstić information content (AvgIpc) is 3.34. The van der Waals surface area contributed by atoms with Gasteiger partial charge in [0.15, 0.2) is 0 Å². The van der Waals surface area contributed by atoms with Gasteiger partial charge in [0.2, 0.25) is 0 Å². The predicted octanol–water partition coefficient (Wildman–Crippen LogP) is 3.35. The molecule has 0 amide bonds. The number of aliphatic hydroxyl groups is 2. The van der Waals surface area contributed by atoms with Crippen LogP contribution in [0.15, 0.2) is 0 Å². The van der Waals surface area contributed by atoms with Crippen LogP contribution < -0.4 is 0 Å². The summed E-state index contributed by atoms with van der Waals surface area (Å²) in [6, 6.07) is 0. The predicted molar refractivity (Wildman–Crippen MR) is 93.8 cm³/mol. The Morgan fingerprint density at radius 1 is 1.00 bits per heavy atom. The maximum absolute atomic E-state index is 11.4. The minimum atomic E-state index is -0.964. The first-order valence-corrected chi connectivity index (χ1v) is 9.77. The monoisotopic (exact) mass is 344 g/mol. The van der Waals surface area contributed by atoms with Crippen molar-refractivity contribution in [3.63, 3.8) is 0 Å². The van der Waals surface area contributed by atoms with E-state index in [0.717, 1.165) is 19.3 Å². The van der Waals surface area contributed by atoms with Gasteiger partial charge in [0.1, 0.15) is 12.7 Å². The molecule has 0 aliphatic carbocycles. The molecule has 142 valence electrons. The van der Waals surface area contributed by atoms with E-state index in [2.05, 4.69) is 6.92 Å². The van der Waals surface area contributed by atoms with Gasteiger partial charge in [-0.15, -0.1) is 0 Å². The van der Waals surface area contributed by atoms with Crippen LogP contribution in [0.5, 0.6) is 0 Å². The molecule has 1 aliphatic heterocycles. The van der Waals surface area contributed by atoms with Crippen molar-refractivity contribution in [1.29, 1.82) is 0 Å². The lowest BCUT2D eigenvalue weighted by Crippen LogP contribution is -2.21. The minimum absolute atomic E-state index is 0.115. The summed E-state index contributed by atoms with van der Waals surface area (Å²) in [6.45, 7) is 1.75. The molecule has 0 aromatic heterocycles. The second kappa shape index (κ2) is 13.6. The van der Waals surface area contributed by atoms with Crippen molar-refractivity contribution in [2.24, 2.45) is 0 Å². The highest BCUT2D eigenvalue weighted by Crippen LogP contribution is 2.31. The normalized spacial score (nSPS) is 20.8. The highest BCUT2D eigenvalue weighted by molar-refractivity contribution is 5.69. The first-order chi connectivity index (χ1) is 11.7. The molecular formula is C19H36O5. The maximum atomic E-state index is 11.4. The van der Waals surface area contributed by atoms with Gasteiger partial charge in [0, 0.05) is 6.42 Å². The van der Waals surface area contributed by atoms with Crippen molar-refractivity contribution in [2.45, 2.75) is 102 Å². The molecule has 0 bridgehead atoms. The molecule has 5 nitrogen and oxygen atoms in total. The van der Waals surface area contributed by atoms with Crippen LogP contribution in [0, 0.1) is 0 Å². The summed E-state index contributed by atoms with van der Waals surface area (Å²) in [7, 11) is 0. The molecule has 1 fully saturated rings. The van der Waals surface area contributed by atoms with E-state index in [0.29, 0.717) is 18.6 Å². The molecule has 2 unspecified atom stereocenters. The fraction of sp³-hybridized carbons (Fsp3) is 0.947. The molecule has 1 rings (SSSR count). The zero-order valence-electron chi connectivity index (χ0n) is 15.3. The van der Waals surface area contributed by atoms with E-state index in [1.807, 2.05) is 0 Å². The summed E-state index contributed by atoms with van der Waals surface area (Å²) in [5.74, 6) is -0.292. The molecular weight excluding hydrogens is 308 g/mol. The van der Waals surface area contributed by atoms with Crippen LogP contribution in [0.3, 0.4) is 0 Å². The molecule has 2 N–H and O–H groups in total. The lowest BCUT2D eigenvalue weighted by Gasteiger charge is -2.08. The second-order valence-corrected chi connectivity index (χ2v) is 6.89. The first kappa shape index (κ1) is 21.4. The fourth-order valence-corrected chi connectivity index (χ4v) is 2.92. The third-order valence-corrected chi connectivity index (χ3v) is 4.55. The summed E-state index contributed by atoms with van der Waals surface area (Å²) in [4.78, 5) is 11.4. The van der Waals surface area contributed by atoms with Crippen LogP contribution in [-0.2, 0) is 14.3 Å². The Hall–Kier alpha value is -0.650. The lowest BCUT2D eigenvalue weighted by atomic mass is 10.0. The number of carbonyl (C=O) groups excluding carboxylic acids is 1. The summed E-state index contributed by atoms with van der Waals surface area (Å²) in [5.41, 5.74) is 0. The van der Waals surface area contributed by atoms with E-state index < -0.39 is 6.10 Å². The first-order valence-electron chi connectivity index (χ1n) is 9.77. The minimum Gasteiger partial charge on any atom is -0.463 e. The van der Waals surface area contributed by atoms with Gasteiger partial charge < -0.3 is 19.7 Å². The van der Waals surface area contributed by atoms with Gasteiger partial charge in [-0.3, -0.25) is 4.79 Å². The quantitative estimate of drug-likeness (QED) is 0.255. The van der Waals surface area contributed by atoms with Crippen molar-refractivity contribution in [1.82, 2.24) is 0 Å². The summed E-state index contributed by atoms with van der Waals surface area (Å²) >= 11 is 0. The van der Waals surface area contributed by atoms with Gasteiger partial charge in [0.25, 0.3) is 0 Å². The van der Waals surface area contributed by atoms with Crippen molar-refractivity contribution in [2.75, 3.05) is 13.2 Å². The third-order valence-electron chi connectivity index (χ3n) is 4.55. The summed E-state index contributed by atoms with van der Waals surface area (Å²) in [5, 5.41) is 17.7. The number of esters is 1. The number of epoxide rings is 1. The van der Waals surface area contributed by atoms with Crippen LogP contribution in [0.25, 0.3) is 0 Å². The molecule has 24 heavy (non-hydrogen) atoms. The highest BCUT2D eigenvalue weighted by Gasteiger charge is 2.36. The summed E-state index contributed by atoms with van der Waals surface area (Å²) in [6.07, 6.45) is 13.6. The number of ether oxygens (including phenoxy) is 2. The SMILES string of the molecule is CCCCCCC1OC1CCCCCCCC(=O)OC[C@H](O)CO. The smallest absolute Gasteiger partial charge is 0.305 e. The van der Waals surface area contributed by atoms with Crippen LogP contribution in [-0.4, -0.2) is 47.7 Å². The topological polar surface area (TPSA) is 79.3 Å². The Kier molecular flexibility index (Phi) is 12.1. The zero-order valence-corrected chi connectivity index (χ0v) is 15.3. The van der Waals surface area contributed by atoms with Crippen LogP contribution in [0.1, 0.15) is 84.0 Å². The maximum Gasteiger partial charge on any atom is 0.305 e. The highest BCUT2D eigenvalue weighted by atomic mass is 16.6. The number of aliphatic hydroxyl groups excluding tert-OH is 2. The van der Waals surface area contributed by atoms with Crippen molar-refractivity contribution in [3.05, 3.63) is 0 Å². The average molecular weight is 344 g/mol. The van der Waals surface area contributed by atoms with Crippen molar-refractivity contribution < 1.29 is 24.5 Å². The van der Waals surface area contributed by atoms with Crippen molar-refractivity contribution in [3.8, 4) is 0 Å². The van der Waals surface area contributed by atoms with E-state index in [4.69, 9.17) is 19.7 Å². The number of hydrogen-bond acceptors (Lipinski definition) is 5. The van der Waals surface area contributed by atoms with Crippen LogP contribution in [0.4, 0.5) is 0 Å². The van der Waals surface area contributed by atoms with E-state index in [1.165, 1.54) is 51.4 Å². The molecule has 5 heteroatoms. The molecule has 1 heterocycles. The Bertz CT molecular complexity index is 321. The van der Waals surface area contributed by atoms with Crippen molar-refractivity contribution >= 4 is 5.97 Å². The molecule has 0 radical (unpaired) electrons. The van der Waals surface area contributed by atoms with E-state index >= 15 is 0 Å². The largest absolute Gasteiger partial charge is 0.463 e. The van der Waals surface area contributed by atoms with E-state index in [1.54, 1.807) is 0 Å². The Morgan fingerprint density at radius 2 is 1.58 bits per heavy atom. The van der Waals surface area contributed by atoms with Gasteiger partial charge in [-0.05, 0) is 19.3 Å². The van der Waals surface area contributed by atoms with Crippen LogP contribution in [0.2, 0.25) is 0 Å². The Balaban J connectivity index is 1.81. The van der Waals surface area contributed by atoms with Crippen LogP contribution >= 0.6 is 0 Å². The number of unbranched alkanes of at least 4 members (excludes halogenated alkanes) is 7. The molecule has 1 aliphatic rings. The second-order valence-electron chi connectivity index (χ2n) is 6.89. The molecule has 3 atom stereocenters. The van der Waals surface area contributed by atoms with Gasteiger partial charge in [0.05, 0.1) is 18.8 Å². The van der Waals surface area contributed by atoms with E-state index in [9.17, 15) is 4.79 Å². The van der Waals surface area contributed by atoms with E-state index in [-0.39, 0.29) is 19.2 Å². The molecule has 0 aromatic rings. The third kappa shape index (κ3) is 11.0. The number of carbonyl (C=O) groups is 1.